The van der Waals surface area contributed by atoms with Gasteiger partial charge in [-0.2, -0.15) is 4.89 Å². The third-order valence-corrected chi connectivity index (χ3v) is 3.97. The first-order valence-electron chi connectivity index (χ1n) is 8.95. The van der Waals surface area contributed by atoms with Gasteiger partial charge in [0.1, 0.15) is 0 Å². The number of hydrogen-bond donors (Lipinski definition) is 0. The number of hydrogen-bond acceptors (Lipinski definition) is 2. The van der Waals surface area contributed by atoms with E-state index in [2.05, 4.69) is 19.1 Å². The van der Waals surface area contributed by atoms with Crippen molar-refractivity contribution in [1.82, 2.24) is 0 Å². The monoisotopic (exact) mass is 304 g/mol. The van der Waals surface area contributed by atoms with Crippen LogP contribution in [0.5, 0.6) is 5.75 Å². The van der Waals surface area contributed by atoms with Crippen molar-refractivity contribution in [2.45, 2.75) is 77.6 Å². The SMILES string of the molecule is [CH]COOc1ccc(CCCCCCCCCCCC)cc1. The maximum atomic E-state index is 5.20. The number of benzene rings is 1. The lowest BCUT2D eigenvalue weighted by Crippen LogP contribution is -1.96. The van der Waals surface area contributed by atoms with Crippen molar-refractivity contribution in [3.8, 4) is 5.75 Å². The van der Waals surface area contributed by atoms with Crippen LogP contribution in [-0.2, 0) is 11.3 Å². The maximum Gasteiger partial charge on any atom is 0.165 e. The molecule has 0 bridgehead atoms. The van der Waals surface area contributed by atoms with Crippen LogP contribution >= 0.6 is 0 Å². The summed E-state index contributed by atoms with van der Waals surface area (Å²) in [5.41, 5.74) is 1.36. The lowest BCUT2D eigenvalue weighted by Gasteiger charge is -2.05. The van der Waals surface area contributed by atoms with Gasteiger partial charge >= 0.3 is 0 Å². The van der Waals surface area contributed by atoms with Gasteiger partial charge < -0.3 is 4.89 Å². The Labute approximate surface area is 137 Å². The van der Waals surface area contributed by atoms with Gasteiger partial charge in [0.2, 0.25) is 0 Å². The van der Waals surface area contributed by atoms with Crippen molar-refractivity contribution >= 4 is 0 Å². The van der Waals surface area contributed by atoms with E-state index in [1.165, 1.54) is 69.8 Å². The zero-order valence-corrected chi connectivity index (χ0v) is 14.2. The highest BCUT2D eigenvalue weighted by atomic mass is 17.2. The Kier molecular flexibility index (Phi) is 11.8. The molecule has 2 nitrogen and oxygen atoms in total. The van der Waals surface area contributed by atoms with Crippen molar-refractivity contribution in [3.05, 3.63) is 36.8 Å². The zero-order chi connectivity index (χ0) is 15.9. The molecule has 0 aromatic heterocycles. The summed E-state index contributed by atoms with van der Waals surface area (Å²) in [6, 6.07) is 8.06. The summed E-state index contributed by atoms with van der Waals surface area (Å²) in [5.74, 6) is 0.706. The first kappa shape index (κ1) is 19.0. The molecule has 0 fully saturated rings. The Morgan fingerprint density at radius 2 is 1.32 bits per heavy atom. The minimum atomic E-state index is 0.0698. The fourth-order valence-corrected chi connectivity index (χ4v) is 2.63. The topological polar surface area (TPSA) is 18.5 Å². The Balaban J connectivity index is 1.96. The van der Waals surface area contributed by atoms with Gasteiger partial charge in [0.25, 0.3) is 0 Å². The van der Waals surface area contributed by atoms with Gasteiger partial charge in [-0.15, -0.1) is 0 Å². The third-order valence-electron chi connectivity index (χ3n) is 3.97. The quantitative estimate of drug-likeness (QED) is 0.232. The van der Waals surface area contributed by atoms with Crippen LogP contribution in [0.15, 0.2) is 24.3 Å². The van der Waals surface area contributed by atoms with Crippen molar-refractivity contribution in [2.75, 3.05) is 6.61 Å². The molecule has 0 saturated carbocycles. The van der Waals surface area contributed by atoms with Gasteiger partial charge in [0.05, 0.1) is 6.61 Å². The number of rotatable bonds is 14. The lowest BCUT2D eigenvalue weighted by atomic mass is 10.0. The van der Waals surface area contributed by atoms with Gasteiger partial charge in [0, 0.05) is 0 Å². The van der Waals surface area contributed by atoms with E-state index in [4.69, 9.17) is 16.7 Å². The van der Waals surface area contributed by atoms with Gasteiger partial charge in [-0.25, -0.2) is 0 Å². The molecule has 0 unspecified atom stereocenters. The van der Waals surface area contributed by atoms with Crippen LogP contribution < -0.4 is 4.89 Å². The van der Waals surface area contributed by atoms with Gasteiger partial charge in [-0.05, 0) is 37.5 Å². The minimum Gasteiger partial charge on any atom is -0.338 e. The summed E-state index contributed by atoms with van der Waals surface area (Å²) < 4.78 is 0. The highest BCUT2D eigenvalue weighted by Crippen LogP contribution is 2.15. The Morgan fingerprint density at radius 1 is 0.773 bits per heavy atom. The minimum absolute atomic E-state index is 0.0698. The van der Waals surface area contributed by atoms with Crippen LogP contribution in [0, 0.1) is 6.92 Å². The van der Waals surface area contributed by atoms with E-state index in [-0.39, 0.29) is 6.61 Å². The predicted octanol–water partition coefficient (Wildman–Crippen LogP) is 6.17. The van der Waals surface area contributed by atoms with E-state index < -0.39 is 0 Å². The van der Waals surface area contributed by atoms with Crippen LogP contribution in [0.25, 0.3) is 0 Å². The van der Waals surface area contributed by atoms with Crippen LogP contribution in [0.1, 0.15) is 76.7 Å². The zero-order valence-electron chi connectivity index (χ0n) is 14.2. The molecule has 2 radical (unpaired) electrons. The van der Waals surface area contributed by atoms with Gasteiger partial charge in [-0.1, -0.05) is 76.8 Å². The molecule has 124 valence electrons. The molecule has 22 heavy (non-hydrogen) atoms. The van der Waals surface area contributed by atoms with E-state index >= 15 is 0 Å². The molecule has 1 aromatic carbocycles. The van der Waals surface area contributed by atoms with Crippen LogP contribution in [0.2, 0.25) is 0 Å². The van der Waals surface area contributed by atoms with Crippen molar-refractivity contribution in [3.63, 3.8) is 0 Å². The summed E-state index contributed by atoms with van der Waals surface area (Å²) >= 11 is 0. The van der Waals surface area contributed by atoms with Crippen molar-refractivity contribution in [2.24, 2.45) is 0 Å². The molecule has 2 heteroatoms. The predicted molar refractivity (Wildman–Crippen MR) is 92.9 cm³/mol. The van der Waals surface area contributed by atoms with Crippen molar-refractivity contribution < 1.29 is 9.78 Å². The second kappa shape index (κ2) is 13.6. The highest BCUT2D eigenvalue weighted by Gasteiger charge is 1.97. The fraction of sp³-hybridized carbons (Fsp3) is 0.650. The summed E-state index contributed by atoms with van der Waals surface area (Å²) in [4.78, 5) is 9.69. The molecule has 1 aromatic rings. The van der Waals surface area contributed by atoms with Crippen LogP contribution in [0.3, 0.4) is 0 Å². The average molecular weight is 304 g/mol. The summed E-state index contributed by atoms with van der Waals surface area (Å²) in [7, 11) is 0. The summed E-state index contributed by atoms with van der Waals surface area (Å²) in [6.45, 7) is 7.55. The smallest absolute Gasteiger partial charge is 0.165 e. The summed E-state index contributed by atoms with van der Waals surface area (Å²) in [6.07, 6.45) is 15.0. The molecule has 0 aliphatic heterocycles. The lowest BCUT2D eigenvalue weighted by molar-refractivity contribution is -0.196. The first-order chi connectivity index (χ1) is 10.9. The van der Waals surface area contributed by atoms with E-state index in [1.807, 2.05) is 12.1 Å². The molecule has 1 rings (SSSR count). The van der Waals surface area contributed by atoms with E-state index in [9.17, 15) is 0 Å². The highest BCUT2D eigenvalue weighted by molar-refractivity contribution is 5.26. The van der Waals surface area contributed by atoms with Crippen LogP contribution in [-0.4, -0.2) is 6.61 Å². The molecule has 0 saturated heterocycles. The molecule has 0 heterocycles. The van der Waals surface area contributed by atoms with Gasteiger partial charge in [-0.3, -0.25) is 0 Å². The molecule has 0 aliphatic rings. The number of unbranched alkanes of at least 4 members (excludes halogenated alkanes) is 9. The van der Waals surface area contributed by atoms with Gasteiger partial charge in [0.15, 0.2) is 5.75 Å². The Bertz CT molecular complexity index is 345. The first-order valence-corrected chi connectivity index (χ1v) is 8.95. The molecule has 0 atom stereocenters. The van der Waals surface area contributed by atoms with E-state index in [0.717, 1.165) is 6.42 Å². The molecule has 0 N–H and O–H groups in total. The second-order valence-corrected chi connectivity index (χ2v) is 5.94. The largest absolute Gasteiger partial charge is 0.338 e. The fourth-order valence-electron chi connectivity index (χ4n) is 2.63. The van der Waals surface area contributed by atoms with E-state index in [0.29, 0.717) is 5.75 Å². The summed E-state index contributed by atoms with van der Waals surface area (Å²) in [5, 5.41) is 0. The standard InChI is InChI=1S/C20H32O2/c1-3-5-6-7-8-9-10-11-12-13-14-19-15-17-20(18-16-19)22-21-4-2/h2,15-18H,3-14H2,1H3. The maximum absolute atomic E-state index is 5.20. The van der Waals surface area contributed by atoms with Crippen LogP contribution in [0.4, 0.5) is 0 Å². The van der Waals surface area contributed by atoms with E-state index in [1.54, 1.807) is 0 Å². The average Bonchev–Trinajstić information content (AvgIpc) is 2.56. The third kappa shape index (κ3) is 9.83. The van der Waals surface area contributed by atoms with Crippen molar-refractivity contribution in [1.29, 1.82) is 0 Å². The molecule has 0 amide bonds. The normalized spacial score (nSPS) is 10.8. The Morgan fingerprint density at radius 3 is 1.86 bits per heavy atom. The molecule has 0 aliphatic carbocycles. The second-order valence-electron chi connectivity index (χ2n) is 5.94. The Hall–Kier alpha value is -1.02. The number of aryl methyl sites for hydroxylation is 1. The molecular formula is C20H32O2. The molecule has 0 spiro atoms. The molecular weight excluding hydrogens is 272 g/mol.